The molecule has 0 aliphatic carbocycles. The summed E-state index contributed by atoms with van der Waals surface area (Å²) < 4.78 is 0. The summed E-state index contributed by atoms with van der Waals surface area (Å²) in [4.78, 5) is 20.8. The zero-order valence-electron chi connectivity index (χ0n) is 16.0. The lowest BCUT2D eigenvalue weighted by molar-refractivity contribution is 0.0948. The van der Waals surface area contributed by atoms with Gasteiger partial charge in [-0.25, -0.2) is 4.98 Å². The van der Waals surface area contributed by atoms with Gasteiger partial charge >= 0.3 is 0 Å². The van der Waals surface area contributed by atoms with Gasteiger partial charge in [0.25, 0.3) is 5.91 Å². The van der Waals surface area contributed by atoms with Gasteiger partial charge in [-0.3, -0.25) is 4.79 Å². The second-order valence-electron chi connectivity index (χ2n) is 6.94. The maximum absolute atomic E-state index is 12.9. The highest BCUT2D eigenvalue weighted by molar-refractivity contribution is 8.10. The fourth-order valence-electron chi connectivity index (χ4n) is 3.44. The first kappa shape index (κ1) is 19.6. The van der Waals surface area contributed by atoms with Crippen molar-refractivity contribution in [2.75, 3.05) is 26.2 Å². The van der Waals surface area contributed by atoms with Crippen LogP contribution < -0.4 is 5.32 Å². The van der Waals surface area contributed by atoms with E-state index >= 15 is 0 Å². The number of hydrogen-bond donors (Lipinski definition) is 1. The molecule has 0 atom stereocenters. The molecule has 2 heterocycles. The highest BCUT2D eigenvalue weighted by atomic mass is 32.2. The van der Waals surface area contributed by atoms with Crippen LogP contribution in [0, 0.1) is 6.92 Å². The minimum atomic E-state index is -0.0531. The summed E-state index contributed by atoms with van der Waals surface area (Å²) in [5.41, 5.74) is 3.30. The Morgan fingerprint density at radius 1 is 1.30 bits per heavy atom. The van der Waals surface area contributed by atoms with Crippen LogP contribution in [-0.2, 0) is 0 Å². The number of nitrogens with zero attached hydrogens (tertiary/aromatic N) is 2. The Kier molecular flexibility index (Phi) is 6.69. The van der Waals surface area contributed by atoms with E-state index in [1.54, 1.807) is 5.41 Å². The molecule has 1 amide bonds. The Balaban J connectivity index is 1.81. The van der Waals surface area contributed by atoms with Crippen molar-refractivity contribution in [3.8, 4) is 0 Å². The van der Waals surface area contributed by atoms with Gasteiger partial charge in [-0.05, 0) is 56.5 Å². The average molecular weight is 382 g/mol. The van der Waals surface area contributed by atoms with E-state index < -0.39 is 0 Å². The number of likely N-dealkylation sites (tertiary alicyclic amines) is 1. The van der Waals surface area contributed by atoms with Gasteiger partial charge in [0, 0.05) is 23.4 Å². The van der Waals surface area contributed by atoms with Crippen LogP contribution in [0.1, 0.15) is 40.9 Å². The summed E-state index contributed by atoms with van der Waals surface area (Å²) >= 11 is 1.42. The largest absolute Gasteiger partial charge is 0.351 e. The number of amides is 1. The van der Waals surface area contributed by atoms with Crippen molar-refractivity contribution in [1.29, 1.82) is 0 Å². The third kappa shape index (κ3) is 4.99. The second kappa shape index (κ2) is 9.20. The van der Waals surface area contributed by atoms with E-state index in [2.05, 4.69) is 28.4 Å². The van der Waals surface area contributed by atoms with Crippen molar-refractivity contribution in [2.45, 2.75) is 26.2 Å². The molecular weight excluding hydrogens is 354 g/mol. The average Bonchev–Trinajstić information content (AvgIpc) is 2.68. The molecule has 1 fully saturated rings. The van der Waals surface area contributed by atoms with Crippen LogP contribution in [0.4, 0.5) is 0 Å². The molecule has 4 nitrogen and oxygen atoms in total. The third-order valence-corrected chi connectivity index (χ3v) is 5.54. The number of aryl methyl sites for hydroxylation is 1. The summed E-state index contributed by atoms with van der Waals surface area (Å²) in [6.07, 6.45) is 3.84. The van der Waals surface area contributed by atoms with E-state index in [-0.39, 0.29) is 5.91 Å². The molecule has 142 valence electrons. The number of hydrogen-bond acceptors (Lipinski definition) is 4. The van der Waals surface area contributed by atoms with Gasteiger partial charge in [0.2, 0.25) is 0 Å². The number of carbonyl (C=O) groups is 1. The Morgan fingerprint density at radius 2 is 2.07 bits per heavy atom. The predicted octanol–water partition coefficient (Wildman–Crippen LogP) is 4.61. The Bertz CT molecular complexity index is 856. The predicted molar refractivity (Wildman–Crippen MR) is 116 cm³/mol. The maximum Gasteiger partial charge on any atom is 0.252 e. The van der Waals surface area contributed by atoms with Crippen molar-refractivity contribution < 1.29 is 4.79 Å². The highest BCUT2D eigenvalue weighted by Crippen LogP contribution is 2.28. The van der Waals surface area contributed by atoms with Gasteiger partial charge < -0.3 is 10.2 Å². The SMILES string of the molecule is C=CSC(=C)c1cc(C(=O)NCCN2CCCCC2)c2cc(C)ccc2n1. The fourth-order valence-corrected chi connectivity index (χ4v) is 3.86. The van der Waals surface area contributed by atoms with E-state index in [0.717, 1.165) is 46.7 Å². The first-order valence-electron chi connectivity index (χ1n) is 9.47. The van der Waals surface area contributed by atoms with Crippen molar-refractivity contribution >= 4 is 33.5 Å². The molecule has 3 rings (SSSR count). The van der Waals surface area contributed by atoms with Crippen LogP contribution in [0.15, 0.2) is 42.8 Å². The lowest BCUT2D eigenvalue weighted by Crippen LogP contribution is -2.37. The molecule has 0 spiro atoms. The van der Waals surface area contributed by atoms with Crippen LogP contribution in [0.3, 0.4) is 0 Å². The molecule has 27 heavy (non-hydrogen) atoms. The topological polar surface area (TPSA) is 45.2 Å². The number of fused-ring (bicyclic) bond motifs is 1. The molecule has 2 aromatic rings. The van der Waals surface area contributed by atoms with Gasteiger partial charge in [0.1, 0.15) is 0 Å². The molecule has 1 aromatic heterocycles. The highest BCUT2D eigenvalue weighted by Gasteiger charge is 2.15. The number of thioether (sulfide) groups is 1. The van der Waals surface area contributed by atoms with Crippen LogP contribution in [-0.4, -0.2) is 42.0 Å². The number of nitrogens with one attached hydrogen (secondary N) is 1. The summed E-state index contributed by atoms with van der Waals surface area (Å²) in [5.74, 6) is -0.0531. The van der Waals surface area contributed by atoms with E-state index in [1.807, 2.05) is 31.2 Å². The third-order valence-electron chi connectivity index (χ3n) is 4.88. The first-order chi connectivity index (χ1) is 13.1. The van der Waals surface area contributed by atoms with Crippen molar-refractivity contribution in [1.82, 2.24) is 15.2 Å². The summed E-state index contributed by atoms with van der Waals surface area (Å²) in [5, 5.41) is 5.70. The van der Waals surface area contributed by atoms with Gasteiger partial charge in [0.05, 0.1) is 16.8 Å². The van der Waals surface area contributed by atoms with Crippen LogP contribution in [0.25, 0.3) is 15.8 Å². The Hall–Kier alpha value is -2.11. The van der Waals surface area contributed by atoms with E-state index in [1.165, 1.54) is 31.0 Å². The number of piperidine rings is 1. The minimum Gasteiger partial charge on any atom is -0.351 e. The van der Waals surface area contributed by atoms with Crippen molar-refractivity contribution in [3.05, 3.63) is 59.7 Å². The van der Waals surface area contributed by atoms with E-state index in [9.17, 15) is 4.79 Å². The smallest absolute Gasteiger partial charge is 0.252 e. The molecule has 0 unspecified atom stereocenters. The van der Waals surface area contributed by atoms with E-state index in [0.29, 0.717) is 12.1 Å². The number of benzene rings is 1. The molecule has 1 saturated heterocycles. The summed E-state index contributed by atoms with van der Waals surface area (Å²) in [7, 11) is 0. The van der Waals surface area contributed by atoms with Gasteiger partial charge in [-0.1, -0.05) is 43.0 Å². The molecule has 0 radical (unpaired) electrons. The van der Waals surface area contributed by atoms with Gasteiger partial charge in [0.15, 0.2) is 0 Å². The van der Waals surface area contributed by atoms with Crippen LogP contribution >= 0.6 is 11.8 Å². The standard InChI is InChI=1S/C22H27N3OS/c1-4-27-17(3)21-15-19(18-14-16(2)8-9-20(18)24-21)22(26)23-10-13-25-11-6-5-7-12-25/h4,8-9,14-15H,1,3,5-7,10-13H2,2H3,(H,23,26). The van der Waals surface area contributed by atoms with E-state index in [4.69, 9.17) is 0 Å². The van der Waals surface area contributed by atoms with Gasteiger partial charge in [-0.15, -0.1) is 0 Å². The van der Waals surface area contributed by atoms with Crippen LogP contribution in [0.5, 0.6) is 0 Å². The van der Waals surface area contributed by atoms with Gasteiger partial charge in [-0.2, -0.15) is 0 Å². The second-order valence-corrected chi connectivity index (χ2v) is 8.00. The first-order valence-corrected chi connectivity index (χ1v) is 10.4. The Labute approximate surface area is 165 Å². The zero-order valence-corrected chi connectivity index (χ0v) is 16.8. The molecular formula is C22H27N3OS. The molecule has 1 aliphatic rings. The molecule has 0 bridgehead atoms. The maximum atomic E-state index is 12.9. The lowest BCUT2D eigenvalue weighted by atomic mass is 10.0. The fraction of sp³-hybridized carbons (Fsp3) is 0.364. The normalized spacial score (nSPS) is 14.9. The number of aromatic nitrogens is 1. The number of rotatable bonds is 7. The summed E-state index contributed by atoms with van der Waals surface area (Å²) in [6, 6.07) is 7.84. The molecule has 5 heteroatoms. The minimum absolute atomic E-state index is 0.0531. The molecule has 0 saturated carbocycles. The molecule has 1 aliphatic heterocycles. The zero-order chi connectivity index (χ0) is 19.2. The Morgan fingerprint density at radius 3 is 2.81 bits per heavy atom. The molecule has 1 aromatic carbocycles. The summed E-state index contributed by atoms with van der Waals surface area (Å²) in [6.45, 7) is 13.6. The monoisotopic (exact) mass is 381 g/mol. The van der Waals surface area contributed by atoms with Crippen molar-refractivity contribution in [3.63, 3.8) is 0 Å². The number of carbonyl (C=O) groups excluding carboxylic acids is 1. The van der Waals surface area contributed by atoms with Crippen LogP contribution in [0.2, 0.25) is 0 Å². The van der Waals surface area contributed by atoms with Crippen molar-refractivity contribution in [2.24, 2.45) is 0 Å². The molecule has 1 N–H and O–H groups in total. The quantitative estimate of drug-likeness (QED) is 0.761. The lowest BCUT2D eigenvalue weighted by Gasteiger charge is -2.26. The number of pyridine rings is 1.